The average Bonchev–Trinajstić information content (AvgIpc) is 2.07. The fraction of sp³-hybridized carbons (Fsp3) is 0.300. The van der Waals surface area contributed by atoms with Crippen molar-refractivity contribution in [3.8, 4) is 0 Å². The molecule has 1 aromatic carbocycles. The molecule has 2 N–H and O–H groups in total. The van der Waals surface area contributed by atoms with E-state index in [1.165, 1.54) is 5.56 Å². The molecule has 0 aliphatic carbocycles. The van der Waals surface area contributed by atoms with Crippen LogP contribution in [0.25, 0.3) is 0 Å². The lowest BCUT2D eigenvalue weighted by Crippen LogP contribution is -2.02. The summed E-state index contributed by atoms with van der Waals surface area (Å²) in [5.41, 5.74) is 3.32. The molecule has 0 bridgehead atoms. The Hall–Kier alpha value is -1.31. The van der Waals surface area contributed by atoms with Gasteiger partial charge in [-0.1, -0.05) is 36.8 Å². The maximum atomic E-state index is 5.25. The molecular formula is C10H14N2. The molecule has 0 atom stereocenters. The number of nitrogens with two attached hydrogens (primary N) is 1. The van der Waals surface area contributed by atoms with Gasteiger partial charge in [0.2, 0.25) is 0 Å². The van der Waals surface area contributed by atoms with E-state index >= 15 is 0 Å². The third-order valence-corrected chi connectivity index (χ3v) is 1.84. The van der Waals surface area contributed by atoms with Gasteiger partial charge in [0.05, 0.1) is 5.71 Å². The van der Waals surface area contributed by atoms with Crippen LogP contribution in [0.2, 0.25) is 0 Å². The average molecular weight is 162 g/mol. The van der Waals surface area contributed by atoms with Crippen molar-refractivity contribution in [2.45, 2.75) is 20.3 Å². The molecule has 12 heavy (non-hydrogen) atoms. The molecule has 0 fully saturated rings. The Bertz CT molecular complexity index is 290. The van der Waals surface area contributed by atoms with Crippen LogP contribution in [0.15, 0.2) is 29.4 Å². The molecule has 2 heteroatoms. The SMILES string of the molecule is CCC(=NN)c1cccc(C)c1. The van der Waals surface area contributed by atoms with Gasteiger partial charge in [0.25, 0.3) is 0 Å². The van der Waals surface area contributed by atoms with Crippen LogP contribution in [-0.2, 0) is 0 Å². The first-order valence-electron chi connectivity index (χ1n) is 4.11. The quantitative estimate of drug-likeness (QED) is 0.403. The largest absolute Gasteiger partial charge is 0.323 e. The number of hydrogen-bond donors (Lipinski definition) is 1. The van der Waals surface area contributed by atoms with E-state index < -0.39 is 0 Å². The molecule has 0 aromatic heterocycles. The van der Waals surface area contributed by atoms with Gasteiger partial charge in [-0.15, -0.1) is 0 Å². The minimum absolute atomic E-state index is 0.875. The molecule has 0 heterocycles. The minimum Gasteiger partial charge on any atom is -0.323 e. The second-order valence-electron chi connectivity index (χ2n) is 2.80. The normalized spacial score (nSPS) is 11.7. The van der Waals surface area contributed by atoms with E-state index in [0.29, 0.717) is 0 Å². The summed E-state index contributed by atoms with van der Waals surface area (Å²) < 4.78 is 0. The summed E-state index contributed by atoms with van der Waals surface area (Å²) in [6.07, 6.45) is 0.875. The summed E-state index contributed by atoms with van der Waals surface area (Å²) in [6, 6.07) is 8.20. The molecule has 0 unspecified atom stereocenters. The molecule has 1 aromatic rings. The van der Waals surface area contributed by atoms with Gasteiger partial charge in [-0.05, 0) is 18.9 Å². The topological polar surface area (TPSA) is 38.4 Å². The molecule has 0 spiro atoms. The van der Waals surface area contributed by atoms with E-state index in [-0.39, 0.29) is 0 Å². The predicted octanol–water partition coefficient (Wildman–Crippen LogP) is 2.07. The second-order valence-corrected chi connectivity index (χ2v) is 2.80. The van der Waals surface area contributed by atoms with Crippen LogP contribution >= 0.6 is 0 Å². The first-order chi connectivity index (χ1) is 5.77. The van der Waals surface area contributed by atoms with Gasteiger partial charge in [-0.25, -0.2) is 0 Å². The lowest BCUT2D eigenvalue weighted by molar-refractivity contribution is 1.17. The van der Waals surface area contributed by atoms with Gasteiger partial charge in [0, 0.05) is 0 Å². The van der Waals surface area contributed by atoms with Crippen LogP contribution in [0.1, 0.15) is 24.5 Å². The third-order valence-electron chi connectivity index (χ3n) is 1.84. The zero-order chi connectivity index (χ0) is 8.97. The van der Waals surface area contributed by atoms with E-state index in [1.807, 2.05) is 19.1 Å². The zero-order valence-electron chi connectivity index (χ0n) is 7.54. The van der Waals surface area contributed by atoms with Crippen molar-refractivity contribution in [3.63, 3.8) is 0 Å². The fourth-order valence-electron chi connectivity index (χ4n) is 1.19. The Morgan fingerprint density at radius 3 is 2.75 bits per heavy atom. The minimum atomic E-state index is 0.875. The lowest BCUT2D eigenvalue weighted by Gasteiger charge is -2.02. The van der Waals surface area contributed by atoms with E-state index in [1.54, 1.807) is 0 Å². The van der Waals surface area contributed by atoms with E-state index in [0.717, 1.165) is 17.7 Å². The highest BCUT2D eigenvalue weighted by Crippen LogP contribution is 2.06. The number of hydrazone groups is 1. The summed E-state index contributed by atoms with van der Waals surface area (Å²) in [6.45, 7) is 4.11. The fourth-order valence-corrected chi connectivity index (χ4v) is 1.19. The van der Waals surface area contributed by atoms with Crippen molar-refractivity contribution in [2.24, 2.45) is 10.9 Å². The van der Waals surface area contributed by atoms with Crippen molar-refractivity contribution in [1.29, 1.82) is 0 Å². The maximum Gasteiger partial charge on any atom is 0.0670 e. The second kappa shape index (κ2) is 3.90. The summed E-state index contributed by atoms with van der Waals surface area (Å²) >= 11 is 0. The van der Waals surface area contributed by atoms with Crippen molar-refractivity contribution >= 4 is 5.71 Å². The third kappa shape index (κ3) is 1.84. The first-order valence-corrected chi connectivity index (χ1v) is 4.11. The van der Waals surface area contributed by atoms with Crippen LogP contribution in [0, 0.1) is 6.92 Å². The van der Waals surface area contributed by atoms with Gasteiger partial charge in [-0.3, -0.25) is 0 Å². The number of hydrogen-bond acceptors (Lipinski definition) is 2. The van der Waals surface area contributed by atoms with Crippen molar-refractivity contribution in [1.82, 2.24) is 0 Å². The standard InChI is InChI=1S/C10H14N2/c1-3-10(12-11)9-6-4-5-8(2)7-9/h4-7H,3,11H2,1-2H3. The Labute approximate surface area is 73.1 Å². The molecule has 0 saturated heterocycles. The number of aryl methyl sites for hydroxylation is 1. The monoisotopic (exact) mass is 162 g/mol. The molecule has 0 saturated carbocycles. The van der Waals surface area contributed by atoms with E-state index in [2.05, 4.69) is 24.2 Å². The highest BCUT2D eigenvalue weighted by atomic mass is 15.1. The highest BCUT2D eigenvalue weighted by molar-refractivity contribution is 6.00. The molecular weight excluding hydrogens is 148 g/mol. The van der Waals surface area contributed by atoms with Gasteiger partial charge in [-0.2, -0.15) is 5.10 Å². The molecule has 64 valence electrons. The molecule has 0 aliphatic heterocycles. The summed E-state index contributed by atoms with van der Waals surface area (Å²) in [7, 11) is 0. The maximum absolute atomic E-state index is 5.25. The van der Waals surface area contributed by atoms with Crippen LogP contribution in [0.3, 0.4) is 0 Å². The van der Waals surface area contributed by atoms with E-state index in [4.69, 9.17) is 5.84 Å². The zero-order valence-corrected chi connectivity index (χ0v) is 7.54. The number of rotatable bonds is 2. The lowest BCUT2D eigenvalue weighted by atomic mass is 10.1. The summed E-state index contributed by atoms with van der Waals surface area (Å²) in [5, 5.41) is 3.73. The van der Waals surface area contributed by atoms with Crippen molar-refractivity contribution < 1.29 is 0 Å². The summed E-state index contributed by atoms with van der Waals surface area (Å²) in [5.74, 6) is 5.25. The molecule has 1 rings (SSSR count). The Balaban J connectivity index is 3.02. The van der Waals surface area contributed by atoms with Crippen LogP contribution in [0.4, 0.5) is 0 Å². The Morgan fingerprint density at radius 2 is 2.25 bits per heavy atom. The van der Waals surface area contributed by atoms with Gasteiger partial charge < -0.3 is 5.84 Å². The van der Waals surface area contributed by atoms with Gasteiger partial charge in [0.1, 0.15) is 0 Å². The van der Waals surface area contributed by atoms with Crippen LogP contribution in [-0.4, -0.2) is 5.71 Å². The molecule has 2 nitrogen and oxygen atoms in total. The van der Waals surface area contributed by atoms with E-state index in [9.17, 15) is 0 Å². The van der Waals surface area contributed by atoms with Crippen molar-refractivity contribution in [2.75, 3.05) is 0 Å². The molecule has 0 aliphatic rings. The molecule has 0 radical (unpaired) electrons. The smallest absolute Gasteiger partial charge is 0.0670 e. The van der Waals surface area contributed by atoms with Crippen molar-refractivity contribution in [3.05, 3.63) is 35.4 Å². The molecule has 0 amide bonds. The van der Waals surface area contributed by atoms with Gasteiger partial charge >= 0.3 is 0 Å². The Kier molecular flexibility index (Phi) is 2.86. The number of nitrogens with zero attached hydrogens (tertiary/aromatic N) is 1. The van der Waals surface area contributed by atoms with Crippen LogP contribution < -0.4 is 5.84 Å². The summed E-state index contributed by atoms with van der Waals surface area (Å²) in [4.78, 5) is 0. The number of benzene rings is 1. The van der Waals surface area contributed by atoms with Gasteiger partial charge in [0.15, 0.2) is 0 Å². The Morgan fingerprint density at radius 1 is 1.50 bits per heavy atom. The predicted molar refractivity (Wildman–Crippen MR) is 52.2 cm³/mol. The highest BCUT2D eigenvalue weighted by Gasteiger charge is 1.99. The van der Waals surface area contributed by atoms with Crippen LogP contribution in [0.5, 0.6) is 0 Å². The first kappa shape index (κ1) is 8.78.